The van der Waals surface area contributed by atoms with Gasteiger partial charge in [-0.05, 0) is 6.07 Å². The average molecular weight is 199 g/mol. The van der Waals surface area contributed by atoms with E-state index >= 15 is 0 Å². The molecule has 1 aromatic carbocycles. The van der Waals surface area contributed by atoms with E-state index < -0.39 is 17.8 Å². The highest BCUT2D eigenvalue weighted by atomic mass is 19.1. The lowest BCUT2D eigenvalue weighted by Gasteiger charge is -2.10. The Morgan fingerprint density at radius 1 is 1.64 bits per heavy atom. The van der Waals surface area contributed by atoms with Crippen molar-refractivity contribution in [1.82, 2.24) is 0 Å². The Hall–Kier alpha value is -1.62. The van der Waals surface area contributed by atoms with E-state index in [0.29, 0.717) is 0 Å². The maximum absolute atomic E-state index is 13.4. The van der Waals surface area contributed by atoms with Crippen molar-refractivity contribution in [2.24, 2.45) is 5.73 Å². The molecule has 1 atom stereocenters. The summed E-state index contributed by atoms with van der Waals surface area (Å²) in [4.78, 5) is 10.5. The van der Waals surface area contributed by atoms with Crippen LogP contribution in [0.25, 0.3) is 0 Å². The summed E-state index contributed by atoms with van der Waals surface area (Å²) in [7, 11) is 1.30. The van der Waals surface area contributed by atoms with Crippen molar-refractivity contribution in [1.29, 1.82) is 0 Å². The molecule has 0 aliphatic rings. The van der Waals surface area contributed by atoms with Crippen LogP contribution in [0.4, 0.5) is 4.39 Å². The number of nitrogens with two attached hydrogens (primary N) is 1. The Kier molecular flexibility index (Phi) is 3.03. The summed E-state index contributed by atoms with van der Waals surface area (Å²) in [6, 6.07) is 2.83. The maximum atomic E-state index is 13.4. The molecule has 0 unspecified atom stereocenters. The highest BCUT2D eigenvalue weighted by molar-refractivity contribution is 5.75. The van der Waals surface area contributed by atoms with Gasteiger partial charge in [0.25, 0.3) is 0 Å². The van der Waals surface area contributed by atoms with Crippen molar-refractivity contribution in [3.63, 3.8) is 0 Å². The van der Waals surface area contributed by atoms with Gasteiger partial charge in [-0.1, -0.05) is 12.1 Å². The molecule has 4 nitrogen and oxygen atoms in total. The largest absolute Gasteiger partial charge is 0.494 e. The molecule has 0 saturated heterocycles. The Labute approximate surface area is 80.1 Å². The number of rotatable bonds is 3. The van der Waals surface area contributed by atoms with E-state index in [1.54, 1.807) is 0 Å². The molecule has 14 heavy (non-hydrogen) atoms. The molecule has 0 spiro atoms. The number of aliphatic carboxylic acids is 1. The molecule has 0 fully saturated rings. The van der Waals surface area contributed by atoms with Gasteiger partial charge in [0.1, 0.15) is 6.04 Å². The van der Waals surface area contributed by atoms with Gasteiger partial charge in [0, 0.05) is 5.56 Å². The number of carboxylic acid groups (broad SMARTS) is 1. The van der Waals surface area contributed by atoms with E-state index in [0.717, 1.165) is 0 Å². The highest BCUT2D eigenvalue weighted by Gasteiger charge is 2.20. The molecule has 0 aliphatic carbocycles. The van der Waals surface area contributed by atoms with Crippen LogP contribution < -0.4 is 10.5 Å². The highest BCUT2D eigenvalue weighted by Crippen LogP contribution is 2.23. The Morgan fingerprint density at radius 3 is 2.79 bits per heavy atom. The normalized spacial score (nSPS) is 12.2. The third-order valence-electron chi connectivity index (χ3n) is 1.81. The van der Waals surface area contributed by atoms with Crippen LogP contribution >= 0.6 is 0 Å². The summed E-state index contributed by atoms with van der Waals surface area (Å²) in [6.45, 7) is 0. The number of hydrogen-bond donors (Lipinski definition) is 2. The zero-order valence-electron chi connectivity index (χ0n) is 7.53. The van der Waals surface area contributed by atoms with Crippen LogP contribution in [0.15, 0.2) is 18.2 Å². The van der Waals surface area contributed by atoms with Crippen LogP contribution in [0.5, 0.6) is 5.75 Å². The number of methoxy groups -OCH3 is 1. The molecule has 76 valence electrons. The zero-order valence-corrected chi connectivity index (χ0v) is 7.53. The first-order chi connectivity index (χ1) is 6.57. The molecule has 0 saturated carbocycles. The van der Waals surface area contributed by atoms with Crippen LogP contribution in [0.2, 0.25) is 0 Å². The third-order valence-corrected chi connectivity index (χ3v) is 1.81. The van der Waals surface area contributed by atoms with Crippen molar-refractivity contribution in [2.75, 3.05) is 7.11 Å². The SMILES string of the molecule is COc1cccc([C@@H](N)C(=O)O)c1F. The fraction of sp³-hybridized carbons (Fsp3) is 0.222. The van der Waals surface area contributed by atoms with Gasteiger partial charge in [-0.25, -0.2) is 4.39 Å². The van der Waals surface area contributed by atoms with Crippen LogP contribution in [0.3, 0.4) is 0 Å². The van der Waals surface area contributed by atoms with E-state index in [2.05, 4.69) is 0 Å². The second-order valence-electron chi connectivity index (χ2n) is 2.68. The topological polar surface area (TPSA) is 72.5 Å². The summed E-state index contributed by atoms with van der Waals surface area (Å²) >= 11 is 0. The molecular formula is C9H10FNO3. The number of ether oxygens (including phenoxy) is 1. The molecule has 1 rings (SSSR count). The standard InChI is InChI=1S/C9H10FNO3/c1-14-6-4-2-3-5(7(6)10)8(11)9(12)13/h2-4,8H,11H2,1H3,(H,12,13)/t8-/m1/s1. The minimum Gasteiger partial charge on any atom is -0.494 e. The Bertz CT molecular complexity index is 354. The quantitative estimate of drug-likeness (QED) is 0.759. The number of hydrogen-bond acceptors (Lipinski definition) is 3. The number of carbonyl (C=O) groups is 1. The van der Waals surface area contributed by atoms with Crippen LogP contribution in [-0.2, 0) is 4.79 Å². The summed E-state index contributed by atoms with van der Waals surface area (Å²) in [6.07, 6.45) is 0. The molecule has 0 heterocycles. The second-order valence-corrected chi connectivity index (χ2v) is 2.68. The lowest BCUT2D eigenvalue weighted by Crippen LogP contribution is -2.22. The van der Waals surface area contributed by atoms with Gasteiger partial charge in [0.2, 0.25) is 0 Å². The van der Waals surface area contributed by atoms with E-state index in [9.17, 15) is 9.18 Å². The van der Waals surface area contributed by atoms with Crippen LogP contribution in [0, 0.1) is 5.82 Å². The van der Waals surface area contributed by atoms with Crippen molar-refractivity contribution < 1.29 is 19.0 Å². The van der Waals surface area contributed by atoms with Gasteiger partial charge in [0.05, 0.1) is 7.11 Å². The predicted molar refractivity (Wildman–Crippen MR) is 47.5 cm³/mol. The fourth-order valence-corrected chi connectivity index (χ4v) is 1.06. The van der Waals surface area contributed by atoms with E-state index in [1.807, 2.05) is 0 Å². The van der Waals surface area contributed by atoms with Gasteiger partial charge in [0.15, 0.2) is 11.6 Å². The predicted octanol–water partition coefficient (Wildman–Crippen LogP) is 0.919. The smallest absolute Gasteiger partial charge is 0.325 e. The maximum Gasteiger partial charge on any atom is 0.325 e. The minimum absolute atomic E-state index is 0.0146. The number of carboxylic acids is 1. The fourth-order valence-electron chi connectivity index (χ4n) is 1.06. The first-order valence-corrected chi connectivity index (χ1v) is 3.88. The van der Waals surface area contributed by atoms with Crippen molar-refractivity contribution in [3.05, 3.63) is 29.6 Å². The average Bonchev–Trinajstić information content (AvgIpc) is 2.17. The molecule has 3 N–H and O–H groups in total. The lowest BCUT2D eigenvalue weighted by molar-refractivity contribution is -0.138. The molecule has 0 amide bonds. The molecular weight excluding hydrogens is 189 g/mol. The number of halogens is 1. The van der Waals surface area contributed by atoms with Gasteiger partial charge in [-0.15, -0.1) is 0 Å². The van der Waals surface area contributed by atoms with Crippen molar-refractivity contribution in [2.45, 2.75) is 6.04 Å². The lowest BCUT2D eigenvalue weighted by atomic mass is 10.1. The summed E-state index contributed by atoms with van der Waals surface area (Å²) in [5.41, 5.74) is 5.18. The Morgan fingerprint density at radius 2 is 2.29 bits per heavy atom. The molecule has 0 aliphatic heterocycles. The molecule has 0 aromatic heterocycles. The van der Waals surface area contributed by atoms with Crippen LogP contribution in [-0.4, -0.2) is 18.2 Å². The minimum atomic E-state index is -1.37. The van der Waals surface area contributed by atoms with E-state index in [4.69, 9.17) is 15.6 Å². The van der Waals surface area contributed by atoms with Gasteiger partial charge < -0.3 is 15.6 Å². The molecule has 0 bridgehead atoms. The summed E-state index contributed by atoms with van der Waals surface area (Å²) in [5, 5.41) is 8.59. The third kappa shape index (κ3) is 1.82. The van der Waals surface area contributed by atoms with E-state index in [1.165, 1.54) is 25.3 Å². The molecule has 5 heteroatoms. The zero-order chi connectivity index (χ0) is 10.7. The number of benzene rings is 1. The van der Waals surface area contributed by atoms with Gasteiger partial charge in [-0.2, -0.15) is 0 Å². The van der Waals surface area contributed by atoms with Gasteiger partial charge >= 0.3 is 5.97 Å². The monoisotopic (exact) mass is 199 g/mol. The summed E-state index contributed by atoms with van der Waals surface area (Å²) in [5.74, 6) is -2.03. The second kappa shape index (κ2) is 4.06. The molecule has 1 aromatic rings. The first-order valence-electron chi connectivity index (χ1n) is 3.88. The van der Waals surface area contributed by atoms with Gasteiger partial charge in [-0.3, -0.25) is 4.79 Å². The summed E-state index contributed by atoms with van der Waals surface area (Å²) < 4.78 is 18.1. The van der Waals surface area contributed by atoms with Crippen molar-refractivity contribution in [3.8, 4) is 5.75 Å². The van der Waals surface area contributed by atoms with E-state index in [-0.39, 0.29) is 11.3 Å². The Balaban J connectivity index is 3.15. The van der Waals surface area contributed by atoms with Crippen LogP contribution in [0.1, 0.15) is 11.6 Å². The molecule has 0 radical (unpaired) electrons. The van der Waals surface area contributed by atoms with Crippen molar-refractivity contribution >= 4 is 5.97 Å². The first kappa shape index (κ1) is 10.5.